The summed E-state index contributed by atoms with van der Waals surface area (Å²) in [5.74, 6) is -0.934. The summed E-state index contributed by atoms with van der Waals surface area (Å²) in [6.07, 6.45) is 0.906. The summed E-state index contributed by atoms with van der Waals surface area (Å²) in [6, 6.07) is 18.8. The standard InChI is InChI=1S/C31H38Cl2N4O4S/c1-6-17-34-31(39)29(19-24-11-8-7-9-12-24)36(20-25-26(32)13-10-14-27(25)33)30(38)21-37(42(40,41)35(4)5)28-18-22(2)15-16-23(28)3/h7-16,18,29H,6,17,19-21H2,1-5H3,(H,34,39)/t29-/m0/s1. The summed E-state index contributed by atoms with van der Waals surface area (Å²) in [4.78, 5) is 29.4. The van der Waals surface area contributed by atoms with Crippen molar-refractivity contribution in [1.82, 2.24) is 14.5 Å². The highest BCUT2D eigenvalue weighted by atomic mass is 35.5. The summed E-state index contributed by atoms with van der Waals surface area (Å²) >= 11 is 13.0. The highest BCUT2D eigenvalue weighted by Crippen LogP contribution is 2.29. The van der Waals surface area contributed by atoms with Gasteiger partial charge in [-0.1, -0.05) is 78.7 Å². The Hall–Kier alpha value is -3.11. The molecule has 0 saturated carbocycles. The summed E-state index contributed by atoms with van der Waals surface area (Å²) in [5.41, 5.74) is 3.19. The number of halogens is 2. The topological polar surface area (TPSA) is 90.0 Å². The Kier molecular flexibility index (Phi) is 11.8. The molecule has 0 heterocycles. The Balaban J connectivity index is 2.16. The Morgan fingerprint density at radius 3 is 2.17 bits per heavy atom. The Labute approximate surface area is 259 Å². The lowest BCUT2D eigenvalue weighted by molar-refractivity contribution is -0.140. The number of carbonyl (C=O) groups is 2. The maximum absolute atomic E-state index is 14.4. The van der Waals surface area contributed by atoms with E-state index < -0.39 is 28.7 Å². The molecule has 0 aliphatic carbocycles. The fourth-order valence-corrected chi connectivity index (χ4v) is 6.09. The number of hydrogen-bond acceptors (Lipinski definition) is 4. The van der Waals surface area contributed by atoms with Gasteiger partial charge in [-0.25, -0.2) is 4.31 Å². The first-order chi connectivity index (χ1) is 19.9. The molecule has 0 radical (unpaired) electrons. The van der Waals surface area contributed by atoms with E-state index >= 15 is 0 Å². The van der Waals surface area contributed by atoms with Crippen LogP contribution in [0.25, 0.3) is 0 Å². The van der Waals surface area contributed by atoms with Gasteiger partial charge in [0.2, 0.25) is 11.8 Å². The summed E-state index contributed by atoms with van der Waals surface area (Å²) in [5, 5.41) is 3.58. The van der Waals surface area contributed by atoms with Crippen LogP contribution < -0.4 is 9.62 Å². The van der Waals surface area contributed by atoms with Gasteiger partial charge in [0.15, 0.2) is 0 Å². The average molecular weight is 634 g/mol. The van der Waals surface area contributed by atoms with Crippen LogP contribution in [0.1, 0.15) is 35.6 Å². The molecule has 11 heteroatoms. The summed E-state index contributed by atoms with van der Waals surface area (Å²) in [6.45, 7) is 5.35. The molecule has 0 fully saturated rings. The third-order valence-corrected chi connectivity index (χ3v) is 9.38. The molecule has 3 aromatic carbocycles. The van der Waals surface area contributed by atoms with Crippen molar-refractivity contribution in [3.63, 3.8) is 0 Å². The number of anilines is 1. The number of nitrogens with zero attached hydrogens (tertiary/aromatic N) is 3. The normalized spacial score (nSPS) is 12.2. The molecule has 0 spiro atoms. The zero-order valence-corrected chi connectivity index (χ0v) is 26.9. The Morgan fingerprint density at radius 2 is 1.57 bits per heavy atom. The largest absolute Gasteiger partial charge is 0.354 e. The van der Waals surface area contributed by atoms with E-state index in [9.17, 15) is 18.0 Å². The first kappa shape index (κ1) is 33.4. The van der Waals surface area contributed by atoms with Crippen LogP contribution >= 0.6 is 23.2 Å². The molecule has 0 aromatic heterocycles. The number of carbonyl (C=O) groups excluding carboxylic acids is 2. The third kappa shape index (κ3) is 8.25. The predicted molar refractivity (Wildman–Crippen MR) is 170 cm³/mol. The average Bonchev–Trinajstić information content (AvgIpc) is 2.95. The highest BCUT2D eigenvalue weighted by molar-refractivity contribution is 7.90. The van der Waals surface area contributed by atoms with Gasteiger partial charge in [-0.05, 0) is 55.2 Å². The van der Waals surface area contributed by atoms with Crippen LogP contribution in [0, 0.1) is 13.8 Å². The third-order valence-electron chi connectivity index (χ3n) is 6.86. The van der Waals surface area contributed by atoms with Crippen LogP contribution in [0.2, 0.25) is 10.0 Å². The number of aryl methyl sites for hydroxylation is 2. The van der Waals surface area contributed by atoms with Gasteiger partial charge in [0.05, 0.1) is 5.69 Å². The van der Waals surface area contributed by atoms with Crippen molar-refractivity contribution < 1.29 is 18.0 Å². The molecule has 0 aliphatic heterocycles. The second kappa shape index (κ2) is 14.9. The van der Waals surface area contributed by atoms with E-state index in [-0.39, 0.29) is 18.9 Å². The minimum atomic E-state index is -4.10. The second-order valence-electron chi connectivity index (χ2n) is 10.3. The van der Waals surface area contributed by atoms with Gasteiger partial charge in [-0.3, -0.25) is 9.59 Å². The van der Waals surface area contributed by atoms with Gasteiger partial charge in [0.25, 0.3) is 0 Å². The minimum absolute atomic E-state index is 0.100. The molecule has 42 heavy (non-hydrogen) atoms. The van der Waals surface area contributed by atoms with E-state index in [1.165, 1.54) is 19.0 Å². The van der Waals surface area contributed by atoms with Crippen LogP contribution in [-0.2, 0) is 32.8 Å². The maximum atomic E-state index is 14.4. The molecule has 0 bridgehead atoms. The molecule has 2 amide bonds. The van der Waals surface area contributed by atoms with Crippen LogP contribution in [0.5, 0.6) is 0 Å². The van der Waals surface area contributed by atoms with Gasteiger partial charge < -0.3 is 10.2 Å². The van der Waals surface area contributed by atoms with Crippen LogP contribution in [0.3, 0.4) is 0 Å². The van der Waals surface area contributed by atoms with E-state index in [2.05, 4.69) is 5.32 Å². The van der Waals surface area contributed by atoms with Crippen molar-refractivity contribution in [2.45, 2.75) is 46.2 Å². The quantitative estimate of drug-likeness (QED) is 0.274. The van der Waals surface area contributed by atoms with Gasteiger partial charge >= 0.3 is 10.2 Å². The molecular formula is C31H38Cl2N4O4S. The van der Waals surface area contributed by atoms with Crippen LogP contribution in [0.4, 0.5) is 5.69 Å². The first-order valence-electron chi connectivity index (χ1n) is 13.7. The number of hydrogen-bond donors (Lipinski definition) is 1. The number of benzene rings is 3. The van der Waals surface area contributed by atoms with Gasteiger partial charge in [-0.2, -0.15) is 12.7 Å². The summed E-state index contributed by atoms with van der Waals surface area (Å²) < 4.78 is 29.4. The SMILES string of the molecule is CCCNC(=O)[C@H](Cc1ccccc1)N(Cc1c(Cl)cccc1Cl)C(=O)CN(c1cc(C)ccc1C)S(=O)(=O)N(C)C. The Bertz CT molecular complexity index is 1480. The molecule has 1 N–H and O–H groups in total. The smallest absolute Gasteiger partial charge is 0.304 e. The van der Waals surface area contributed by atoms with Gasteiger partial charge in [0.1, 0.15) is 12.6 Å². The van der Waals surface area contributed by atoms with Crippen molar-refractivity contribution in [1.29, 1.82) is 0 Å². The first-order valence-corrected chi connectivity index (χ1v) is 15.8. The molecule has 0 aliphatic rings. The monoisotopic (exact) mass is 632 g/mol. The molecule has 0 saturated heterocycles. The lowest BCUT2D eigenvalue weighted by Gasteiger charge is -2.35. The van der Waals surface area contributed by atoms with E-state index in [0.29, 0.717) is 39.8 Å². The van der Waals surface area contributed by atoms with Gasteiger partial charge in [-0.15, -0.1) is 0 Å². The molecular weight excluding hydrogens is 595 g/mol. The lowest BCUT2D eigenvalue weighted by Crippen LogP contribution is -2.54. The highest BCUT2D eigenvalue weighted by Gasteiger charge is 2.35. The maximum Gasteiger partial charge on any atom is 0.304 e. The molecule has 226 valence electrons. The van der Waals surface area contributed by atoms with E-state index in [1.54, 1.807) is 31.2 Å². The molecule has 8 nitrogen and oxygen atoms in total. The fourth-order valence-electron chi connectivity index (χ4n) is 4.46. The number of amides is 2. The number of nitrogens with one attached hydrogen (secondary N) is 1. The van der Waals surface area contributed by atoms with Crippen LogP contribution in [0.15, 0.2) is 66.7 Å². The minimum Gasteiger partial charge on any atom is -0.354 e. The Morgan fingerprint density at radius 1 is 0.929 bits per heavy atom. The molecule has 3 aromatic rings. The van der Waals surface area contributed by atoms with E-state index in [0.717, 1.165) is 19.7 Å². The zero-order valence-electron chi connectivity index (χ0n) is 24.6. The lowest BCUT2D eigenvalue weighted by atomic mass is 10.0. The molecule has 1 atom stereocenters. The number of rotatable bonds is 13. The van der Waals surface area contributed by atoms with E-state index in [4.69, 9.17) is 23.2 Å². The molecule has 3 rings (SSSR count). The van der Waals surface area contributed by atoms with Crippen LogP contribution in [-0.4, -0.2) is 62.7 Å². The van der Waals surface area contributed by atoms with Crippen molar-refractivity contribution in [3.8, 4) is 0 Å². The van der Waals surface area contributed by atoms with Crippen molar-refractivity contribution in [2.75, 3.05) is 31.5 Å². The van der Waals surface area contributed by atoms with Gasteiger partial charge in [0, 0.05) is 49.2 Å². The molecule has 0 unspecified atom stereocenters. The second-order valence-corrected chi connectivity index (χ2v) is 13.2. The van der Waals surface area contributed by atoms with Crippen molar-refractivity contribution >= 4 is 50.9 Å². The zero-order chi connectivity index (χ0) is 31.0. The van der Waals surface area contributed by atoms with Crippen molar-refractivity contribution in [3.05, 3.63) is 99.0 Å². The predicted octanol–water partition coefficient (Wildman–Crippen LogP) is 5.39. The fraction of sp³-hybridized carbons (Fsp3) is 0.355. The van der Waals surface area contributed by atoms with E-state index in [1.807, 2.05) is 56.3 Å². The summed E-state index contributed by atoms with van der Waals surface area (Å²) in [7, 11) is -1.28. The van der Waals surface area contributed by atoms with Crippen molar-refractivity contribution in [2.24, 2.45) is 0 Å².